The van der Waals surface area contributed by atoms with Crippen LogP contribution in [0.5, 0.6) is 0 Å². The lowest BCUT2D eigenvalue weighted by molar-refractivity contribution is -0.113. The second-order valence-electron chi connectivity index (χ2n) is 4.71. The van der Waals surface area contributed by atoms with Gasteiger partial charge in [0.2, 0.25) is 0 Å². The van der Waals surface area contributed by atoms with Crippen LogP contribution in [0.3, 0.4) is 0 Å². The first-order valence-electron chi connectivity index (χ1n) is 5.94. The van der Waals surface area contributed by atoms with Crippen molar-refractivity contribution in [2.24, 2.45) is 10.9 Å². The molecule has 3 aliphatic rings. The molecule has 0 radical (unpaired) electrons. The number of hydrogen-bond acceptors (Lipinski definition) is 2. The number of allylic oxidation sites excluding steroid dienone is 3. The first-order chi connectivity index (χ1) is 7.77. The Balaban J connectivity index is 2.07. The number of hydrogen-bond donors (Lipinski definition) is 0. The van der Waals surface area contributed by atoms with Gasteiger partial charge in [0.25, 0.3) is 0 Å². The Labute approximate surface area is 95.5 Å². The van der Waals surface area contributed by atoms with Crippen LogP contribution in [0.25, 0.3) is 0 Å². The van der Waals surface area contributed by atoms with Gasteiger partial charge in [0.1, 0.15) is 0 Å². The first kappa shape index (κ1) is 9.76. The van der Waals surface area contributed by atoms with Crippen LogP contribution in [0.4, 0.5) is 0 Å². The molecule has 2 unspecified atom stereocenters. The molecule has 0 amide bonds. The normalized spacial score (nSPS) is 32.3. The molecule has 1 fully saturated rings. The van der Waals surface area contributed by atoms with Gasteiger partial charge in [-0.1, -0.05) is 29.9 Å². The zero-order chi connectivity index (χ0) is 11.1. The van der Waals surface area contributed by atoms with Crippen molar-refractivity contribution in [1.82, 2.24) is 0 Å². The van der Waals surface area contributed by atoms with Crippen molar-refractivity contribution in [3.05, 3.63) is 35.5 Å². The minimum atomic E-state index is 0.0956. The summed E-state index contributed by atoms with van der Waals surface area (Å²) < 4.78 is 0. The number of nitrogens with zero attached hydrogens (tertiary/aromatic N) is 1. The Hall–Kier alpha value is -1.44. The Bertz CT molecular complexity index is 463. The smallest absolute Gasteiger partial charge is 0.177 e. The fraction of sp³-hybridized carbons (Fsp3) is 0.429. The molecule has 2 aliphatic carbocycles. The third-order valence-corrected chi connectivity index (χ3v) is 3.77. The molecule has 0 bridgehead atoms. The lowest BCUT2D eigenvalue weighted by Gasteiger charge is -2.32. The highest BCUT2D eigenvalue weighted by Crippen LogP contribution is 2.35. The zero-order valence-electron chi connectivity index (χ0n) is 9.44. The van der Waals surface area contributed by atoms with Crippen LogP contribution in [-0.4, -0.2) is 17.5 Å². The average molecular weight is 213 g/mol. The Kier molecular flexibility index (Phi) is 2.16. The summed E-state index contributed by atoms with van der Waals surface area (Å²) in [7, 11) is 0. The predicted octanol–water partition coefficient (Wildman–Crippen LogP) is 2.62. The molecular weight excluding hydrogens is 198 g/mol. The fourth-order valence-corrected chi connectivity index (χ4v) is 2.87. The van der Waals surface area contributed by atoms with Crippen LogP contribution in [-0.2, 0) is 4.79 Å². The maximum absolute atomic E-state index is 11.9. The maximum atomic E-state index is 11.9. The average Bonchev–Trinajstić information content (AvgIpc) is 2.31. The molecule has 16 heavy (non-hydrogen) atoms. The van der Waals surface area contributed by atoms with E-state index in [2.05, 4.69) is 30.1 Å². The Morgan fingerprint density at radius 3 is 3.12 bits per heavy atom. The molecule has 82 valence electrons. The van der Waals surface area contributed by atoms with Crippen molar-refractivity contribution >= 4 is 11.5 Å². The summed E-state index contributed by atoms with van der Waals surface area (Å²) in [6.07, 6.45) is 11.1. The number of dihydropyridines is 1. The van der Waals surface area contributed by atoms with Gasteiger partial charge in [0.15, 0.2) is 5.78 Å². The predicted molar refractivity (Wildman–Crippen MR) is 64.6 cm³/mol. The molecule has 1 aliphatic heterocycles. The van der Waals surface area contributed by atoms with Gasteiger partial charge in [-0.15, -0.1) is 0 Å². The second-order valence-corrected chi connectivity index (χ2v) is 4.71. The highest BCUT2D eigenvalue weighted by atomic mass is 16.1. The fourth-order valence-electron chi connectivity index (χ4n) is 2.87. The molecule has 0 N–H and O–H groups in total. The van der Waals surface area contributed by atoms with Gasteiger partial charge in [-0.3, -0.25) is 9.79 Å². The quantitative estimate of drug-likeness (QED) is 0.608. The topological polar surface area (TPSA) is 29.4 Å². The van der Waals surface area contributed by atoms with Crippen molar-refractivity contribution in [2.45, 2.75) is 32.2 Å². The molecule has 0 spiro atoms. The lowest BCUT2D eigenvalue weighted by atomic mass is 9.76. The van der Waals surface area contributed by atoms with E-state index in [1.165, 1.54) is 11.1 Å². The molecular formula is C14H15NO. The largest absolute Gasteiger partial charge is 0.293 e. The van der Waals surface area contributed by atoms with Crippen molar-refractivity contribution in [3.8, 4) is 0 Å². The number of aliphatic imine (C=N–C) groups is 1. The summed E-state index contributed by atoms with van der Waals surface area (Å²) in [6.45, 7) is 2.16. The highest BCUT2D eigenvalue weighted by molar-refractivity contribution is 6.42. The summed E-state index contributed by atoms with van der Waals surface area (Å²) in [6, 6.07) is 0.0956. The summed E-state index contributed by atoms with van der Waals surface area (Å²) >= 11 is 0. The van der Waals surface area contributed by atoms with E-state index in [9.17, 15) is 4.79 Å². The third kappa shape index (κ3) is 1.33. The van der Waals surface area contributed by atoms with E-state index in [-0.39, 0.29) is 11.8 Å². The minimum absolute atomic E-state index is 0.0956. The molecule has 0 aromatic rings. The van der Waals surface area contributed by atoms with Crippen LogP contribution in [0.2, 0.25) is 0 Å². The SMILES string of the molecule is CC1=C2C=CC=CC2N=C2C(=O)CCCC21. The number of fused-ring (bicyclic) bond motifs is 2. The number of ketones is 1. The van der Waals surface area contributed by atoms with Gasteiger partial charge in [0.05, 0.1) is 11.8 Å². The van der Waals surface area contributed by atoms with Crippen LogP contribution in [0, 0.1) is 5.92 Å². The standard InChI is InChI=1S/C14H15NO/c1-9-10-5-2-3-7-12(10)15-14-11(9)6-4-8-13(14)16/h2-3,5,7,11-12H,4,6,8H2,1H3. The minimum Gasteiger partial charge on any atom is -0.293 e. The van der Waals surface area contributed by atoms with Crippen LogP contribution >= 0.6 is 0 Å². The van der Waals surface area contributed by atoms with Gasteiger partial charge in [-0.05, 0) is 25.3 Å². The second kappa shape index (κ2) is 3.55. The van der Waals surface area contributed by atoms with Crippen LogP contribution in [0.15, 0.2) is 40.4 Å². The van der Waals surface area contributed by atoms with E-state index in [1.807, 2.05) is 6.08 Å². The summed E-state index contributed by atoms with van der Waals surface area (Å²) in [5.41, 5.74) is 3.48. The van der Waals surface area contributed by atoms with Crippen molar-refractivity contribution < 1.29 is 4.79 Å². The van der Waals surface area contributed by atoms with E-state index in [4.69, 9.17) is 0 Å². The Morgan fingerprint density at radius 2 is 2.25 bits per heavy atom. The number of carbonyl (C=O) groups excluding carboxylic acids is 1. The Morgan fingerprint density at radius 1 is 1.38 bits per heavy atom. The summed E-state index contributed by atoms with van der Waals surface area (Å²) in [4.78, 5) is 16.5. The molecule has 3 rings (SSSR count). The molecule has 2 nitrogen and oxygen atoms in total. The summed E-state index contributed by atoms with van der Waals surface area (Å²) in [5.74, 6) is 0.557. The molecule has 1 heterocycles. The van der Waals surface area contributed by atoms with E-state index in [0.717, 1.165) is 18.6 Å². The molecule has 0 saturated heterocycles. The molecule has 2 atom stereocenters. The van der Waals surface area contributed by atoms with Gasteiger partial charge in [0, 0.05) is 12.3 Å². The van der Waals surface area contributed by atoms with Gasteiger partial charge in [-0.25, -0.2) is 0 Å². The molecule has 0 aromatic carbocycles. The van der Waals surface area contributed by atoms with E-state index >= 15 is 0 Å². The number of rotatable bonds is 0. The maximum Gasteiger partial charge on any atom is 0.177 e. The number of carbonyl (C=O) groups is 1. The lowest BCUT2D eigenvalue weighted by Crippen LogP contribution is -2.35. The van der Waals surface area contributed by atoms with E-state index in [1.54, 1.807) is 0 Å². The number of Topliss-reactive ketones (excluding diaryl/α,β-unsaturated/α-hetero) is 1. The van der Waals surface area contributed by atoms with Crippen molar-refractivity contribution in [2.75, 3.05) is 0 Å². The van der Waals surface area contributed by atoms with Gasteiger partial charge >= 0.3 is 0 Å². The molecule has 0 aromatic heterocycles. The monoisotopic (exact) mass is 213 g/mol. The van der Waals surface area contributed by atoms with Crippen LogP contribution in [0.1, 0.15) is 26.2 Å². The zero-order valence-corrected chi connectivity index (χ0v) is 9.44. The van der Waals surface area contributed by atoms with E-state index in [0.29, 0.717) is 12.3 Å². The molecule has 2 heteroatoms. The van der Waals surface area contributed by atoms with E-state index < -0.39 is 0 Å². The summed E-state index contributed by atoms with van der Waals surface area (Å²) in [5, 5.41) is 0. The van der Waals surface area contributed by atoms with Crippen molar-refractivity contribution in [1.29, 1.82) is 0 Å². The van der Waals surface area contributed by atoms with Gasteiger partial charge < -0.3 is 0 Å². The van der Waals surface area contributed by atoms with Crippen LogP contribution < -0.4 is 0 Å². The van der Waals surface area contributed by atoms with Crippen molar-refractivity contribution in [3.63, 3.8) is 0 Å². The third-order valence-electron chi connectivity index (χ3n) is 3.77. The molecule has 1 saturated carbocycles. The first-order valence-corrected chi connectivity index (χ1v) is 5.94. The van der Waals surface area contributed by atoms with Gasteiger partial charge in [-0.2, -0.15) is 0 Å². The highest BCUT2D eigenvalue weighted by Gasteiger charge is 2.34.